The standard InChI is InChI=1S/C20H17ClN2O3/c1-12-5-2-3-6-14(12)18(24)22-10-9-13(11-22)23-19(25)15-7-4-8-16(21)17(15)20(23)26/h2-8,13H,9-11H2,1H3. The van der Waals surface area contributed by atoms with Gasteiger partial charge in [-0.1, -0.05) is 35.9 Å². The van der Waals surface area contributed by atoms with Crippen molar-refractivity contribution in [3.63, 3.8) is 0 Å². The molecular weight excluding hydrogens is 352 g/mol. The van der Waals surface area contributed by atoms with Crippen molar-refractivity contribution in [2.45, 2.75) is 19.4 Å². The molecule has 2 aromatic carbocycles. The van der Waals surface area contributed by atoms with Crippen LogP contribution in [-0.2, 0) is 0 Å². The fourth-order valence-electron chi connectivity index (χ4n) is 3.71. The van der Waals surface area contributed by atoms with Gasteiger partial charge in [0.25, 0.3) is 17.7 Å². The molecule has 1 atom stereocenters. The van der Waals surface area contributed by atoms with Gasteiger partial charge in [0.05, 0.1) is 22.2 Å². The van der Waals surface area contributed by atoms with Crippen molar-refractivity contribution in [1.29, 1.82) is 0 Å². The summed E-state index contributed by atoms with van der Waals surface area (Å²) in [5.74, 6) is -0.770. The lowest BCUT2D eigenvalue weighted by molar-refractivity contribution is 0.0574. The van der Waals surface area contributed by atoms with Gasteiger partial charge in [0, 0.05) is 18.7 Å². The Morgan fingerprint density at radius 2 is 1.85 bits per heavy atom. The fraction of sp³-hybridized carbons (Fsp3) is 0.250. The Hall–Kier alpha value is -2.66. The van der Waals surface area contributed by atoms with Gasteiger partial charge < -0.3 is 4.90 Å². The molecule has 1 saturated heterocycles. The molecule has 2 heterocycles. The molecule has 0 spiro atoms. The van der Waals surface area contributed by atoms with Crippen molar-refractivity contribution in [1.82, 2.24) is 9.80 Å². The highest BCUT2D eigenvalue weighted by molar-refractivity contribution is 6.37. The van der Waals surface area contributed by atoms with Crippen LogP contribution in [-0.4, -0.2) is 46.7 Å². The minimum absolute atomic E-state index is 0.0692. The zero-order chi connectivity index (χ0) is 18.4. The minimum atomic E-state index is -0.370. The number of hydrogen-bond donors (Lipinski definition) is 0. The monoisotopic (exact) mass is 368 g/mol. The number of rotatable bonds is 2. The molecular formula is C20H17ClN2O3. The Morgan fingerprint density at radius 3 is 2.58 bits per heavy atom. The maximum atomic E-state index is 12.8. The summed E-state index contributed by atoms with van der Waals surface area (Å²) in [7, 11) is 0. The van der Waals surface area contributed by atoms with Crippen molar-refractivity contribution in [3.05, 3.63) is 69.7 Å². The average Bonchev–Trinajstić information content (AvgIpc) is 3.19. The molecule has 5 nitrogen and oxygen atoms in total. The third-order valence-electron chi connectivity index (χ3n) is 5.09. The van der Waals surface area contributed by atoms with Crippen molar-refractivity contribution in [3.8, 4) is 0 Å². The topological polar surface area (TPSA) is 57.7 Å². The average molecular weight is 369 g/mol. The van der Waals surface area contributed by atoms with Gasteiger partial charge in [-0.15, -0.1) is 0 Å². The number of benzene rings is 2. The van der Waals surface area contributed by atoms with E-state index < -0.39 is 0 Å². The summed E-state index contributed by atoms with van der Waals surface area (Å²) in [5, 5.41) is 0.286. The first kappa shape index (κ1) is 16.8. The van der Waals surface area contributed by atoms with E-state index in [1.54, 1.807) is 29.2 Å². The van der Waals surface area contributed by atoms with E-state index >= 15 is 0 Å². The first-order chi connectivity index (χ1) is 12.5. The van der Waals surface area contributed by atoms with Crippen molar-refractivity contribution in [2.75, 3.05) is 13.1 Å². The van der Waals surface area contributed by atoms with Crippen LogP contribution in [0.25, 0.3) is 0 Å². The smallest absolute Gasteiger partial charge is 0.263 e. The Bertz CT molecular complexity index is 940. The number of likely N-dealkylation sites (tertiary alicyclic amines) is 1. The van der Waals surface area contributed by atoms with E-state index in [4.69, 9.17) is 11.6 Å². The summed E-state index contributed by atoms with van der Waals surface area (Å²) in [6.07, 6.45) is 0.570. The maximum Gasteiger partial charge on any atom is 0.263 e. The van der Waals surface area contributed by atoms with E-state index in [0.29, 0.717) is 30.6 Å². The van der Waals surface area contributed by atoms with Crippen LogP contribution in [0, 0.1) is 6.92 Å². The summed E-state index contributed by atoms with van der Waals surface area (Å²) >= 11 is 6.11. The summed E-state index contributed by atoms with van der Waals surface area (Å²) in [5.41, 5.74) is 2.17. The molecule has 0 N–H and O–H groups in total. The SMILES string of the molecule is Cc1ccccc1C(=O)N1CCC(N2C(=O)c3cccc(Cl)c3C2=O)C1. The number of carbonyl (C=O) groups excluding carboxylic acids is 3. The van der Waals surface area contributed by atoms with Crippen LogP contribution in [0.2, 0.25) is 5.02 Å². The number of fused-ring (bicyclic) bond motifs is 1. The highest BCUT2D eigenvalue weighted by atomic mass is 35.5. The summed E-state index contributed by atoms with van der Waals surface area (Å²) in [6.45, 7) is 2.75. The van der Waals surface area contributed by atoms with Gasteiger partial charge in [-0.2, -0.15) is 0 Å². The number of halogens is 1. The third kappa shape index (κ3) is 2.51. The maximum absolute atomic E-state index is 12.8. The highest BCUT2D eigenvalue weighted by Crippen LogP contribution is 2.32. The fourth-order valence-corrected chi connectivity index (χ4v) is 3.97. The van der Waals surface area contributed by atoms with E-state index in [9.17, 15) is 14.4 Å². The van der Waals surface area contributed by atoms with E-state index in [2.05, 4.69) is 0 Å². The zero-order valence-corrected chi connectivity index (χ0v) is 15.0. The molecule has 4 rings (SSSR count). The van der Waals surface area contributed by atoms with Gasteiger partial charge in [-0.25, -0.2) is 0 Å². The molecule has 0 radical (unpaired) electrons. The van der Waals surface area contributed by atoms with E-state index in [-0.39, 0.29) is 34.3 Å². The number of amides is 3. The van der Waals surface area contributed by atoms with Crippen LogP contribution in [0.5, 0.6) is 0 Å². The lowest BCUT2D eigenvalue weighted by Crippen LogP contribution is -2.42. The molecule has 0 aliphatic carbocycles. The second-order valence-corrected chi connectivity index (χ2v) is 7.06. The Labute approximate surface area is 156 Å². The molecule has 2 aliphatic heterocycles. The molecule has 1 fully saturated rings. The number of aryl methyl sites for hydroxylation is 1. The second-order valence-electron chi connectivity index (χ2n) is 6.65. The van der Waals surface area contributed by atoms with Crippen LogP contribution >= 0.6 is 11.6 Å². The zero-order valence-electron chi connectivity index (χ0n) is 14.2. The normalized spacial score (nSPS) is 19.2. The van der Waals surface area contributed by atoms with Crippen LogP contribution in [0.15, 0.2) is 42.5 Å². The first-order valence-electron chi connectivity index (χ1n) is 8.50. The molecule has 26 heavy (non-hydrogen) atoms. The van der Waals surface area contributed by atoms with Gasteiger partial charge in [-0.3, -0.25) is 19.3 Å². The van der Waals surface area contributed by atoms with Crippen LogP contribution in [0.4, 0.5) is 0 Å². The van der Waals surface area contributed by atoms with Crippen LogP contribution < -0.4 is 0 Å². The largest absolute Gasteiger partial charge is 0.336 e. The molecule has 2 aromatic rings. The lowest BCUT2D eigenvalue weighted by atomic mass is 10.1. The Kier molecular flexibility index (Phi) is 4.04. The number of carbonyl (C=O) groups is 3. The van der Waals surface area contributed by atoms with E-state index in [0.717, 1.165) is 5.56 Å². The molecule has 132 valence electrons. The van der Waals surface area contributed by atoms with E-state index in [1.165, 1.54) is 4.90 Å². The van der Waals surface area contributed by atoms with Crippen molar-refractivity contribution in [2.24, 2.45) is 0 Å². The molecule has 2 aliphatic rings. The Balaban J connectivity index is 1.56. The van der Waals surface area contributed by atoms with Gasteiger partial charge in [0.2, 0.25) is 0 Å². The van der Waals surface area contributed by atoms with Gasteiger partial charge in [0.15, 0.2) is 0 Å². The predicted octanol–water partition coefficient (Wildman–Crippen LogP) is 3.16. The van der Waals surface area contributed by atoms with Crippen molar-refractivity contribution >= 4 is 29.3 Å². The Morgan fingerprint density at radius 1 is 1.08 bits per heavy atom. The highest BCUT2D eigenvalue weighted by Gasteiger charge is 2.44. The minimum Gasteiger partial charge on any atom is -0.336 e. The quantitative estimate of drug-likeness (QED) is 0.765. The molecule has 0 aromatic heterocycles. The second kappa shape index (κ2) is 6.25. The van der Waals surface area contributed by atoms with Crippen LogP contribution in [0.1, 0.15) is 43.1 Å². The summed E-state index contributed by atoms with van der Waals surface area (Å²) in [4.78, 5) is 41.2. The molecule has 6 heteroatoms. The molecule has 0 saturated carbocycles. The van der Waals surface area contributed by atoms with Crippen molar-refractivity contribution < 1.29 is 14.4 Å². The summed E-state index contributed by atoms with van der Waals surface area (Å²) < 4.78 is 0. The number of nitrogens with zero attached hydrogens (tertiary/aromatic N) is 2. The molecule has 0 bridgehead atoms. The lowest BCUT2D eigenvalue weighted by Gasteiger charge is -2.23. The number of hydrogen-bond acceptors (Lipinski definition) is 3. The third-order valence-corrected chi connectivity index (χ3v) is 5.40. The molecule has 1 unspecified atom stereocenters. The number of imide groups is 1. The first-order valence-corrected chi connectivity index (χ1v) is 8.88. The van der Waals surface area contributed by atoms with Crippen LogP contribution in [0.3, 0.4) is 0 Å². The van der Waals surface area contributed by atoms with Gasteiger partial charge in [-0.05, 0) is 37.1 Å². The van der Waals surface area contributed by atoms with E-state index in [1.807, 2.05) is 25.1 Å². The molecule has 3 amide bonds. The van der Waals surface area contributed by atoms with Gasteiger partial charge in [0.1, 0.15) is 0 Å². The summed E-state index contributed by atoms with van der Waals surface area (Å²) in [6, 6.07) is 12.0. The predicted molar refractivity (Wildman–Crippen MR) is 97.4 cm³/mol. The van der Waals surface area contributed by atoms with Gasteiger partial charge >= 0.3 is 0 Å².